The molecule has 1 saturated heterocycles. The lowest BCUT2D eigenvalue weighted by atomic mass is 9.78. The molecule has 0 bridgehead atoms. The molecule has 1 aromatic carbocycles. The molecule has 29 heavy (non-hydrogen) atoms. The summed E-state index contributed by atoms with van der Waals surface area (Å²) in [4.78, 5) is 0. The molecule has 3 aliphatic rings. The van der Waals surface area contributed by atoms with Gasteiger partial charge in [0.05, 0.1) is 11.2 Å². The number of hydrogen-bond acceptors (Lipinski definition) is 3. The largest absolute Gasteiger partial charge is 0.494 e. The van der Waals surface area contributed by atoms with Crippen molar-refractivity contribution in [1.82, 2.24) is 0 Å². The predicted octanol–water partition coefficient (Wildman–Crippen LogP) is 5.07. The van der Waals surface area contributed by atoms with Gasteiger partial charge in [0, 0.05) is 5.56 Å². The highest BCUT2D eigenvalue weighted by molar-refractivity contribution is 6.62. The first-order valence-corrected chi connectivity index (χ1v) is 10.4. The molecule has 3 fully saturated rings. The molecule has 0 amide bonds. The average molecular weight is 396 g/mol. The molecule has 5 heteroatoms. The Morgan fingerprint density at radius 3 is 2.62 bits per heavy atom. The van der Waals surface area contributed by atoms with Crippen molar-refractivity contribution in [2.45, 2.75) is 65.3 Å². The molecule has 0 aromatic heterocycles. The lowest BCUT2D eigenvalue weighted by Crippen LogP contribution is -2.41. The first kappa shape index (κ1) is 20.4. The third kappa shape index (κ3) is 3.83. The van der Waals surface area contributed by atoms with Crippen molar-refractivity contribution in [2.75, 3.05) is 0 Å². The summed E-state index contributed by atoms with van der Waals surface area (Å²) in [6.07, 6.45) is 6.61. The van der Waals surface area contributed by atoms with Crippen molar-refractivity contribution in [1.29, 1.82) is 0 Å². The molecular weight excluding hydrogens is 366 g/mol. The molecule has 2 saturated carbocycles. The van der Waals surface area contributed by atoms with E-state index >= 15 is 0 Å². The summed E-state index contributed by atoms with van der Waals surface area (Å²) in [5.41, 5.74) is 3.13. The van der Waals surface area contributed by atoms with Crippen LogP contribution in [0.4, 0.5) is 4.39 Å². The maximum absolute atomic E-state index is 14.4. The molecular formula is C24H30BFO3. The lowest BCUT2D eigenvalue weighted by molar-refractivity contribution is 0.00578. The van der Waals surface area contributed by atoms with Crippen LogP contribution in [0, 0.1) is 17.7 Å². The van der Waals surface area contributed by atoms with Gasteiger partial charge in [0.1, 0.15) is 18.2 Å². The number of fused-ring (bicyclic) bond motifs is 1. The number of hydrogen-bond donors (Lipinski definition) is 0. The van der Waals surface area contributed by atoms with Crippen LogP contribution in [0.3, 0.4) is 0 Å². The Balaban J connectivity index is 1.43. The Hall–Kier alpha value is -1.85. The van der Waals surface area contributed by atoms with E-state index in [4.69, 9.17) is 14.0 Å². The zero-order valence-electron chi connectivity index (χ0n) is 18.0. The minimum absolute atomic E-state index is 0.125. The second-order valence-electron chi connectivity index (χ2n) is 9.41. The topological polar surface area (TPSA) is 27.7 Å². The molecule has 0 spiro atoms. The summed E-state index contributed by atoms with van der Waals surface area (Å²) < 4.78 is 32.3. The van der Waals surface area contributed by atoms with E-state index in [0.29, 0.717) is 11.3 Å². The maximum Gasteiger partial charge on any atom is 0.494 e. The molecule has 4 rings (SSSR count). The average Bonchev–Trinajstić information content (AvgIpc) is 3.24. The summed E-state index contributed by atoms with van der Waals surface area (Å²) in [6, 6.07) is 4.92. The second kappa shape index (κ2) is 7.14. The molecule has 2 atom stereocenters. The van der Waals surface area contributed by atoms with Crippen LogP contribution in [0.25, 0.3) is 0 Å². The highest BCUT2D eigenvalue weighted by Gasteiger charge is 2.51. The van der Waals surface area contributed by atoms with Crippen molar-refractivity contribution in [3.8, 4) is 0 Å². The van der Waals surface area contributed by atoms with Crippen LogP contribution < -0.4 is 5.46 Å². The monoisotopic (exact) mass is 396 g/mol. The molecule has 0 N–H and O–H groups in total. The van der Waals surface area contributed by atoms with Gasteiger partial charge in [0.15, 0.2) is 0 Å². The lowest BCUT2D eigenvalue weighted by Gasteiger charge is -2.32. The third-order valence-electron chi connectivity index (χ3n) is 6.83. The van der Waals surface area contributed by atoms with Crippen LogP contribution in [0.5, 0.6) is 0 Å². The van der Waals surface area contributed by atoms with E-state index in [2.05, 4.69) is 19.6 Å². The molecule has 0 radical (unpaired) electrons. The fraction of sp³-hybridized carbons (Fsp3) is 0.500. The number of allylic oxidation sites excluding steroid dienone is 4. The van der Waals surface area contributed by atoms with E-state index in [9.17, 15) is 4.39 Å². The highest BCUT2D eigenvalue weighted by atomic mass is 19.1. The maximum atomic E-state index is 14.4. The van der Waals surface area contributed by atoms with Crippen molar-refractivity contribution in [3.05, 3.63) is 65.2 Å². The van der Waals surface area contributed by atoms with Gasteiger partial charge in [-0.05, 0) is 88.0 Å². The van der Waals surface area contributed by atoms with Gasteiger partial charge < -0.3 is 14.0 Å². The van der Waals surface area contributed by atoms with Crippen LogP contribution in [-0.2, 0) is 20.7 Å². The first-order valence-electron chi connectivity index (χ1n) is 10.4. The van der Waals surface area contributed by atoms with E-state index in [1.54, 1.807) is 12.1 Å². The smallest absolute Gasteiger partial charge is 0.489 e. The van der Waals surface area contributed by atoms with Crippen molar-refractivity contribution < 1.29 is 18.4 Å². The van der Waals surface area contributed by atoms with Gasteiger partial charge in [-0.15, -0.1) is 0 Å². The molecule has 2 unspecified atom stereocenters. The van der Waals surface area contributed by atoms with Crippen molar-refractivity contribution in [2.24, 2.45) is 11.8 Å². The van der Waals surface area contributed by atoms with Crippen molar-refractivity contribution >= 4 is 12.6 Å². The van der Waals surface area contributed by atoms with E-state index in [1.807, 2.05) is 33.8 Å². The van der Waals surface area contributed by atoms with Gasteiger partial charge >= 0.3 is 7.12 Å². The van der Waals surface area contributed by atoms with Gasteiger partial charge in [-0.25, -0.2) is 4.39 Å². The highest BCUT2D eigenvalue weighted by Crippen LogP contribution is 2.57. The number of halogens is 1. The quantitative estimate of drug-likeness (QED) is 0.514. The van der Waals surface area contributed by atoms with Gasteiger partial charge in [-0.1, -0.05) is 24.8 Å². The van der Waals surface area contributed by atoms with Crippen LogP contribution in [-0.4, -0.2) is 18.3 Å². The van der Waals surface area contributed by atoms with E-state index in [0.717, 1.165) is 23.7 Å². The second-order valence-corrected chi connectivity index (χ2v) is 9.41. The van der Waals surface area contributed by atoms with Gasteiger partial charge in [-0.3, -0.25) is 0 Å². The molecule has 154 valence electrons. The van der Waals surface area contributed by atoms with Gasteiger partial charge in [0.25, 0.3) is 0 Å². The van der Waals surface area contributed by atoms with E-state index in [-0.39, 0.29) is 12.4 Å². The normalized spacial score (nSPS) is 29.4. The summed E-state index contributed by atoms with van der Waals surface area (Å²) in [5.74, 6) is 1.80. The summed E-state index contributed by atoms with van der Waals surface area (Å²) >= 11 is 0. The fourth-order valence-corrected chi connectivity index (χ4v) is 4.27. The van der Waals surface area contributed by atoms with Gasteiger partial charge in [-0.2, -0.15) is 0 Å². The Morgan fingerprint density at radius 2 is 1.97 bits per heavy atom. The van der Waals surface area contributed by atoms with Crippen molar-refractivity contribution in [3.63, 3.8) is 0 Å². The Kier molecular flexibility index (Phi) is 5.03. The van der Waals surface area contributed by atoms with Crippen LogP contribution in [0.15, 0.2) is 53.8 Å². The molecule has 1 aliphatic heterocycles. The minimum Gasteiger partial charge on any atom is -0.489 e. The van der Waals surface area contributed by atoms with Crippen LogP contribution >= 0.6 is 0 Å². The zero-order chi connectivity index (χ0) is 21.0. The van der Waals surface area contributed by atoms with Crippen LogP contribution in [0.2, 0.25) is 0 Å². The SMILES string of the molecule is C=C(/C=C1/CC2CC2/C1=C/C)OCc1cc(B2OC(C)(C)C(C)(C)O2)ccc1F. The summed E-state index contributed by atoms with van der Waals surface area (Å²) in [5, 5.41) is 0. The van der Waals surface area contributed by atoms with E-state index < -0.39 is 18.3 Å². The fourth-order valence-electron chi connectivity index (χ4n) is 4.27. The standard InChI is InChI=1S/C24H30BFO3/c1-7-20-16(11-17-13-21(17)20)10-15(2)27-14-18-12-19(8-9-22(18)26)25-28-23(3,4)24(5,6)29-25/h7-10,12,17,21H,2,11,13-14H2,1,3-6H3/b16-10-,20-7+. The predicted molar refractivity (Wildman–Crippen MR) is 114 cm³/mol. The van der Waals surface area contributed by atoms with E-state index in [1.165, 1.54) is 23.6 Å². The number of benzene rings is 1. The zero-order valence-corrected chi connectivity index (χ0v) is 18.0. The first-order chi connectivity index (χ1) is 13.6. The third-order valence-corrected chi connectivity index (χ3v) is 6.83. The Morgan fingerprint density at radius 1 is 1.28 bits per heavy atom. The number of ether oxygens (including phenoxy) is 1. The molecule has 2 aliphatic carbocycles. The summed E-state index contributed by atoms with van der Waals surface area (Å²) in [6.45, 7) is 14.2. The summed E-state index contributed by atoms with van der Waals surface area (Å²) in [7, 11) is -0.521. The van der Waals surface area contributed by atoms with Gasteiger partial charge in [0.2, 0.25) is 0 Å². The molecule has 1 heterocycles. The molecule has 3 nitrogen and oxygen atoms in total. The molecule has 1 aromatic rings. The minimum atomic E-state index is -0.521. The Labute approximate surface area is 173 Å². The Bertz CT molecular complexity index is 883. The number of rotatable bonds is 5. The van der Waals surface area contributed by atoms with Crippen LogP contribution in [0.1, 0.15) is 53.0 Å².